The quantitative estimate of drug-likeness (QED) is 0.614. The van der Waals surface area contributed by atoms with E-state index < -0.39 is 0 Å². The highest BCUT2D eigenvalue weighted by Crippen LogP contribution is 2.39. The monoisotopic (exact) mass is 225 g/mol. The maximum atomic E-state index is 3.86. The minimum absolute atomic E-state index is 0.435. The molecule has 16 heavy (non-hydrogen) atoms. The lowest BCUT2D eigenvalue weighted by Gasteiger charge is -2.42. The Bertz CT molecular complexity index is 207. The summed E-state index contributed by atoms with van der Waals surface area (Å²) in [5, 5.41) is 0. The first-order valence-corrected chi connectivity index (χ1v) is 6.66. The van der Waals surface area contributed by atoms with Crippen LogP contribution in [0.1, 0.15) is 54.4 Å². The molecule has 1 nitrogen and oxygen atoms in total. The van der Waals surface area contributed by atoms with Gasteiger partial charge in [0.15, 0.2) is 0 Å². The van der Waals surface area contributed by atoms with E-state index in [-0.39, 0.29) is 0 Å². The number of nitrogens with zero attached hydrogens (tertiary/aromatic N) is 1. The van der Waals surface area contributed by atoms with E-state index in [1.54, 1.807) is 0 Å². The summed E-state index contributed by atoms with van der Waals surface area (Å²) in [5.74, 6) is 1.47. The van der Waals surface area contributed by atoms with Crippen molar-refractivity contribution in [2.75, 3.05) is 7.05 Å². The molecule has 0 fully saturated rings. The highest BCUT2D eigenvalue weighted by molar-refractivity contribution is 4.87. The van der Waals surface area contributed by atoms with Gasteiger partial charge in [0, 0.05) is 13.1 Å². The smallest absolute Gasteiger partial charge is 0.0281 e. The summed E-state index contributed by atoms with van der Waals surface area (Å²) in [7, 11) is 2.12. The molecule has 3 unspecified atom stereocenters. The molecule has 0 rings (SSSR count). The van der Waals surface area contributed by atoms with Gasteiger partial charge in [0.05, 0.1) is 0 Å². The molecule has 1 heteroatoms. The summed E-state index contributed by atoms with van der Waals surface area (Å²) < 4.78 is 0. The predicted octanol–water partition coefficient (Wildman–Crippen LogP) is 4.55. The Balaban J connectivity index is 4.77. The molecule has 0 spiro atoms. The maximum absolute atomic E-state index is 3.86. The Morgan fingerprint density at radius 1 is 1.25 bits per heavy atom. The Hall–Kier alpha value is -0.460. The molecule has 0 bridgehead atoms. The van der Waals surface area contributed by atoms with E-state index in [1.807, 2.05) is 6.20 Å². The highest BCUT2D eigenvalue weighted by atomic mass is 15.1. The maximum Gasteiger partial charge on any atom is 0.0281 e. The van der Waals surface area contributed by atoms with Gasteiger partial charge < -0.3 is 4.90 Å². The van der Waals surface area contributed by atoms with Gasteiger partial charge in [-0.2, -0.15) is 0 Å². The second-order valence-corrected chi connectivity index (χ2v) is 5.80. The molecule has 0 heterocycles. The predicted molar refractivity (Wildman–Crippen MR) is 74.4 cm³/mol. The van der Waals surface area contributed by atoms with Gasteiger partial charge in [-0.25, -0.2) is 0 Å². The van der Waals surface area contributed by atoms with Gasteiger partial charge in [-0.3, -0.25) is 0 Å². The van der Waals surface area contributed by atoms with Gasteiger partial charge in [0.25, 0.3) is 0 Å². The molecule has 0 aromatic rings. The molecular weight excluding hydrogens is 194 g/mol. The average Bonchev–Trinajstić information content (AvgIpc) is 2.27. The van der Waals surface area contributed by atoms with Crippen LogP contribution >= 0.6 is 0 Å². The van der Waals surface area contributed by atoms with Gasteiger partial charge in [0.2, 0.25) is 0 Å². The van der Waals surface area contributed by atoms with Crippen molar-refractivity contribution in [2.45, 2.75) is 60.4 Å². The van der Waals surface area contributed by atoms with Crippen molar-refractivity contribution in [1.82, 2.24) is 4.90 Å². The van der Waals surface area contributed by atoms with Crippen LogP contribution in [0, 0.1) is 17.3 Å². The zero-order valence-electron chi connectivity index (χ0n) is 12.4. The summed E-state index contributed by atoms with van der Waals surface area (Å²) in [5.41, 5.74) is 0.435. The zero-order valence-corrected chi connectivity index (χ0v) is 12.4. The molecule has 3 atom stereocenters. The minimum atomic E-state index is 0.435. The van der Waals surface area contributed by atoms with Crippen molar-refractivity contribution in [1.29, 1.82) is 0 Å². The molecule has 0 amide bonds. The van der Waals surface area contributed by atoms with E-state index in [1.165, 1.54) is 12.8 Å². The van der Waals surface area contributed by atoms with Crippen molar-refractivity contribution < 1.29 is 0 Å². The Labute approximate surface area is 103 Å². The Kier molecular flexibility index (Phi) is 6.14. The van der Waals surface area contributed by atoms with Crippen LogP contribution < -0.4 is 0 Å². The van der Waals surface area contributed by atoms with E-state index in [0.29, 0.717) is 17.4 Å². The highest BCUT2D eigenvalue weighted by Gasteiger charge is 2.33. The average molecular weight is 225 g/mol. The van der Waals surface area contributed by atoms with Gasteiger partial charge >= 0.3 is 0 Å². The third-order valence-corrected chi connectivity index (χ3v) is 4.68. The fourth-order valence-corrected chi connectivity index (χ4v) is 2.77. The van der Waals surface area contributed by atoms with Gasteiger partial charge in [0.1, 0.15) is 0 Å². The number of rotatable bonds is 7. The lowest BCUT2D eigenvalue weighted by atomic mass is 9.67. The van der Waals surface area contributed by atoms with E-state index in [9.17, 15) is 0 Å². The summed E-state index contributed by atoms with van der Waals surface area (Å²) in [4.78, 5) is 2.24. The topological polar surface area (TPSA) is 3.24 Å². The zero-order chi connectivity index (χ0) is 12.9. The van der Waals surface area contributed by atoms with Crippen molar-refractivity contribution in [2.24, 2.45) is 17.3 Å². The first kappa shape index (κ1) is 15.5. The summed E-state index contributed by atoms with van der Waals surface area (Å²) in [6.45, 7) is 18.0. The van der Waals surface area contributed by atoms with Crippen LogP contribution in [0.4, 0.5) is 0 Å². The molecule has 0 aliphatic heterocycles. The first-order chi connectivity index (χ1) is 7.31. The fourth-order valence-electron chi connectivity index (χ4n) is 2.77. The molecule has 0 N–H and O–H groups in total. The third-order valence-electron chi connectivity index (χ3n) is 4.68. The molecule has 0 aliphatic carbocycles. The second-order valence-electron chi connectivity index (χ2n) is 5.80. The van der Waals surface area contributed by atoms with Crippen LogP contribution in [-0.4, -0.2) is 18.0 Å². The minimum Gasteiger partial charge on any atom is -0.378 e. The van der Waals surface area contributed by atoms with E-state index in [4.69, 9.17) is 0 Å². The molecule has 0 aliphatic rings. The van der Waals surface area contributed by atoms with Crippen LogP contribution in [0.5, 0.6) is 0 Å². The first-order valence-electron chi connectivity index (χ1n) is 6.66. The van der Waals surface area contributed by atoms with Crippen LogP contribution in [0.25, 0.3) is 0 Å². The third kappa shape index (κ3) is 3.54. The van der Waals surface area contributed by atoms with Crippen molar-refractivity contribution in [3.63, 3.8) is 0 Å². The van der Waals surface area contributed by atoms with E-state index >= 15 is 0 Å². The fraction of sp³-hybridized carbons (Fsp3) is 0.867. The Morgan fingerprint density at radius 2 is 1.75 bits per heavy atom. The number of hydrogen-bond acceptors (Lipinski definition) is 1. The number of hydrogen-bond donors (Lipinski definition) is 0. The van der Waals surface area contributed by atoms with Crippen molar-refractivity contribution >= 4 is 0 Å². The van der Waals surface area contributed by atoms with Crippen LogP contribution in [0.15, 0.2) is 12.8 Å². The lowest BCUT2D eigenvalue weighted by molar-refractivity contribution is 0.0892. The summed E-state index contributed by atoms with van der Waals surface area (Å²) in [6, 6.07) is 0.563. The van der Waals surface area contributed by atoms with Crippen molar-refractivity contribution in [3.05, 3.63) is 12.8 Å². The summed E-state index contributed by atoms with van der Waals surface area (Å²) in [6.07, 6.45) is 4.45. The standard InChI is InChI=1S/C15H31N/c1-9-14(15(6,7)10-2)12(4)13(5)16(8)11-3/h11-14H,3,9-10H2,1-2,4-8H3. The molecule has 0 saturated heterocycles. The lowest BCUT2D eigenvalue weighted by Crippen LogP contribution is -2.39. The largest absolute Gasteiger partial charge is 0.378 e. The van der Waals surface area contributed by atoms with Crippen LogP contribution in [0.2, 0.25) is 0 Å². The van der Waals surface area contributed by atoms with E-state index in [0.717, 1.165) is 5.92 Å². The van der Waals surface area contributed by atoms with Crippen molar-refractivity contribution in [3.8, 4) is 0 Å². The summed E-state index contributed by atoms with van der Waals surface area (Å²) >= 11 is 0. The van der Waals surface area contributed by atoms with Crippen LogP contribution in [-0.2, 0) is 0 Å². The molecule has 0 aromatic carbocycles. The molecule has 0 radical (unpaired) electrons. The SMILES string of the molecule is C=CN(C)C(C)C(C)C(CC)C(C)(C)CC. The van der Waals surface area contributed by atoms with Gasteiger partial charge in [-0.1, -0.05) is 54.0 Å². The Morgan fingerprint density at radius 3 is 2.06 bits per heavy atom. The molecule has 96 valence electrons. The molecule has 0 aromatic heterocycles. The second kappa shape index (κ2) is 6.32. The molecule has 0 saturated carbocycles. The molecular formula is C15H31N. The normalized spacial score (nSPS) is 17.7. The van der Waals surface area contributed by atoms with E-state index in [2.05, 4.69) is 60.1 Å². The van der Waals surface area contributed by atoms with Gasteiger partial charge in [-0.05, 0) is 30.4 Å². The van der Waals surface area contributed by atoms with Crippen LogP contribution in [0.3, 0.4) is 0 Å². The van der Waals surface area contributed by atoms with Gasteiger partial charge in [-0.15, -0.1) is 0 Å².